The van der Waals surface area contributed by atoms with E-state index in [1.165, 1.54) is 0 Å². The first-order valence-electron chi connectivity index (χ1n) is 8.68. The van der Waals surface area contributed by atoms with Gasteiger partial charge in [0.15, 0.2) is 11.5 Å². The summed E-state index contributed by atoms with van der Waals surface area (Å²) in [6.45, 7) is 3.94. The third kappa shape index (κ3) is 5.14. The van der Waals surface area contributed by atoms with Crippen molar-refractivity contribution >= 4 is 10.0 Å². The summed E-state index contributed by atoms with van der Waals surface area (Å²) in [4.78, 5) is 0.284. The van der Waals surface area contributed by atoms with Crippen LogP contribution >= 0.6 is 0 Å². The molecule has 0 atom stereocenters. The van der Waals surface area contributed by atoms with Crippen molar-refractivity contribution in [1.29, 1.82) is 0 Å². The average Bonchev–Trinajstić information content (AvgIpc) is 2.66. The molecule has 7 heteroatoms. The quantitative estimate of drug-likeness (QED) is 0.662. The molecule has 148 valence electrons. The lowest BCUT2D eigenvalue weighted by Gasteiger charge is -2.13. The topological polar surface area (TPSA) is 73.9 Å². The molecule has 0 bridgehead atoms. The number of hydrogen-bond acceptors (Lipinski definition) is 5. The standard InChI is InChI=1S/C20H27NO5S/c1-14-12-20(15(2)11-18(14)25-4)27(22,23)21-10-6-7-16-8-9-17(24-3)19(13-16)26-5/h8-9,11-13,21H,6-7,10H2,1-5H3. The Labute approximate surface area is 161 Å². The molecule has 0 aliphatic carbocycles. The molecule has 27 heavy (non-hydrogen) atoms. The number of nitrogens with one attached hydrogen (secondary N) is 1. The maximum absolute atomic E-state index is 12.6. The van der Waals surface area contributed by atoms with E-state index in [0.717, 1.165) is 17.5 Å². The first-order valence-corrected chi connectivity index (χ1v) is 10.2. The van der Waals surface area contributed by atoms with Crippen molar-refractivity contribution in [2.75, 3.05) is 27.9 Å². The zero-order valence-corrected chi connectivity index (χ0v) is 17.3. The number of hydrogen-bond donors (Lipinski definition) is 1. The van der Waals surface area contributed by atoms with Gasteiger partial charge in [-0.2, -0.15) is 0 Å². The third-order valence-electron chi connectivity index (χ3n) is 4.36. The van der Waals surface area contributed by atoms with Crippen molar-refractivity contribution in [3.05, 3.63) is 47.0 Å². The Kier molecular flexibility index (Phi) is 7.10. The van der Waals surface area contributed by atoms with Crippen LogP contribution in [-0.2, 0) is 16.4 Å². The third-order valence-corrected chi connectivity index (χ3v) is 5.97. The molecule has 1 N–H and O–H groups in total. The van der Waals surface area contributed by atoms with Crippen LogP contribution in [0.25, 0.3) is 0 Å². The van der Waals surface area contributed by atoms with Gasteiger partial charge in [0.1, 0.15) is 5.75 Å². The van der Waals surface area contributed by atoms with Gasteiger partial charge in [0.2, 0.25) is 10.0 Å². The van der Waals surface area contributed by atoms with Crippen molar-refractivity contribution in [3.63, 3.8) is 0 Å². The number of ether oxygens (including phenoxy) is 3. The number of aryl methyl sites for hydroxylation is 3. The summed E-state index contributed by atoms with van der Waals surface area (Å²) >= 11 is 0. The molecular formula is C20H27NO5S. The van der Waals surface area contributed by atoms with Crippen molar-refractivity contribution in [2.24, 2.45) is 0 Å². The van der Waals surface area contributed by atoms with E-state index in [1.807, 2.05) is 25.1 Å². The van der Waals surface area contributed by atoms with Crippen LogP contribution in [0.4, 0.5) is 0 Å². The number of benzene rings is 2. The van der Waals surface area contributed by atoms with Gasteiger partial charge in [-0.25, -0.2) is 13.1 Å². The van der Waals surface area contributed by atoms with Crippen molar-refractivity contribution in [3.8, 4) is 17.2 Å². The van der Waals surface area contributed by atoms with E-state index in [0.29, 0.717) is 35.8 Å². The zero-order valence-electron chi connectivity index (χ0n) is 16.5. The summed E-state index contributed by atoms with van der Waals surface area (Å²) in [7, 11) is 1.19. The molecular weight excluding hydrogens is 366 g/mol. The van der Waals surface area contributed by atoms with Gasteiger partial charge >= 0.3 is 0 Å². The Morgan fingerprint density at radius 1 is 0.852 bits per heavy atom. The summed E-state index contributed by atoms with van der Waals surface area (Å²) < 4.78 is 43.7. The fraction of sp³-hybridized carbons (Fsp3) is 0.400. The molecule has 6 nitrogen and oxygen atoms in total. The Hall–Kier alpha value is -2.25. The first-order chi connectivity index (χ1) is 12.8. The van der Waals surface area contributed by atoms with Crippen molar-refractivity contribution < 1.29 is 22.6 Å². The lowest BCUT2D eigenvalue weighted by molar-refractivity contribution is 0.354. The molecule has 0 amide bonds. The molecule has 0 fully saturated rings. The van der Waals surface area contributed by atoms with Gasteiger partial charge in [0.05, 0.1) is 26.2 Å². The van der Waals surface area contributed by atoms with E-state index < -0.39 is 10.0 Å². The second kappa shape index (κ2) is 9.10. The molecule has 2 aromatic rings. The minimum Gasteiger partial charge on any atom is -0.496 e. The zero-order chi connectivity index (χ0) is 20.0. The fourth-order valence-electron chi connectivity index (χ4n) is 2.89. The predicted octanol–water partition coefficient (Wildman–Crippen LogP) is 3.24. The highest BCUT2D eigenvalue weighted by Gasteiger charge is 2.18. The summed E-state index contributed by atoms with van der Waals surface area (Å²) in [5.74, 6) is 2.02. The maximum atomic E-state index is 12.6. The normalized spacial score (nSPS) is 11.3. The monoisotopic (exact) mass is 393 g/mol. The van der Waals surface area contributed by atoms with E-state index >= 15 is 0 Å². The molecule has 0 saturated heterocycles. The van der Waals surface area contributed by atoms with Gasteiger partial charge in [-0.1, -0.05) is 6.07 Å². The van der Waals surface area contributed by atoms with E-state index in [-0.39, 0.29) is 4.90 Å². The Morgan fingerprint density at radius 2 is 1.52 bits per heavy atom. The highest BCUT2D eigenvalue weighted by Crippen LogP contribution is 2.28. The van der Waals surface area contributed by atoms with Crippen LogP contribution in [0.1, 0.15) is 23.1 Å². The van der Waals surface area contributed by atoms with E-state index in [4.69, 9.17) is 14.2 Å². The van der Waals surface area contributed by atoms with E-state index in [1.54, 1.807) is 40.4 Å². The molecule has 0 aliphatic heterocycles. The molecule has 0 unspecified atom stereocenters. The number of methoxy groups -OCH3 is 3. The highest BCUT2D eigenvalue weighted by molar-refractivity contribution is 7.89. The second-order valence-electron chi connectivity index (χ2n) is 6.28. The molecule has 2 rings (SSSR count). The van der Waals surface area contributed by atoms with E-state index in [9.17, 15) is 8.42 Å². The van der Waals surface area contributed by atoms with Gasteiger partial charge in [-0.15, -0.1) is 0 Å². The van der Waals surface area contributed by atoms with Crippen LogP contribution in [0.5, 0.6) is 17.2 Å². The molecule has 0 aromatic heterocycles. The van der Waals surface area contributed by atoms with Crippen molar-refractivity contribution in [1.82, 2.24) is 4.72 Å². The second-order valence-corrected chi connectivity index (χ2v) is 8.01. The van der Waals surface area contributed by atoms with Gasteiger partial charge in [-0.3, -0.25) is 0 Å². The maximum Gasteiger partial charge on any atom is 0.240 e. The molecule has 0 radical (unpaired) electrons. The fourth-order valence-corrected chi connectivity index (χ4v) is 4.27. The number of sulfonamides is 1. The molecule has 0 heterocycles. The average molecular weight is 394 g/mol. The summed E-state index contributed by atoms with van der Waals surface area (Å²) in [5.41, 5.74) is 2.50. The minimum absolute atomic E-state index is 0.284. The van der Waals surface area contributed by atoms with Crippen LogP contribution in [0.2, 0.25) is 0 Å². The minimum atomic E-state index is -3.57. The number of rotatable bonds is 9. The van der Waals surface area contributed by atoms with Gasteiger partial charge in [-0.05, 0) is 67.6 Å². The predicted molar refractivity (Wildman–Crippen MR) is 106 cm³/mol. The van der Waals surface area contributed by atoms with Crippen LogP contribution < -0.4 is 18.9 Å². The Bertz CT molecular complexity index is 893. The van der Waals surface area contributed by atoms with Crippen LogP contribution in [0.3, 0.4) is 0 Å². The summed E-state index contributed by atoms with van der Waals surface area (Å²) in [5, 5.41) is 0. The lowest BCUT2D eigenvalue weighted by Crippen LogP contribution is -2.26. The molecule has 2 aromatic carbocycles. The molecule has 0 spiro atoms. The van der Waals surface area contributed by atoms with Gasteiger partial charge in [0.25, 0.3) is 0 Å². The Morgan fingerprint density at radius 3 is 2.15 bits per heavy atom. The van der Waals surface area contributed by atoms with E-state index in [2.05, 4.69) is 4.72 Å². The molecule has 0 aliphatic rings. The smallest absolute Gasteiger partial charge is 0.240 e. The summed E-state index contributed by atoms with van der Waals surface area (Å²) in [6, 6.07) is 9.09. The van der Waals surface area contributed by atoms with Crippen LogP contribution in [0.15, 0.2) is 35.2 Å². The van der Waals surface area contributed by atoms with Crippen LogP contribution in [-0.4, -0.2) is 36.3 Å². The first kappa shape index (κ1) is 21.1. The SMILES string of the molecule is COc1cc(C)c(S(=O)(=O)NCCCc2ccc(OC)c(OC)c2)cc1C. The molecule has 0 saturated carbocycles. The lowest BCUT2D eigenvalue weighted by atomic mass is 10.1. The summed E-state index contributed by atoms with van der Waals surface area (Å²) in [6.07, 6.45) is 1.40. The van der Waals surface area contributed by atoms with Gasteiger partial charge in [0, 0.05) is 6.54 Å². The highest BCUT2D eigenvalue weighted by atomic mass is 32.2. The van der Waals surface area contributed by atoms with Crippen molar-refractivity contribution in [2.45, 2.75) is 31.6 Å². The van der Waals surface area contributed by atoms with Gasteiger partial charge < -0.3 is 14.2 Å². The van der Waals surface area contributed by atoms with Crippen LogP contribution in [0, 0.1) is 13.8 Å². The Balaban J connectivity index is 1.99. The largest absolute Gasteiger partial charge is 0.496 e.